The van der Waals surface area contributed by atoms with E-state index in [0.29, 0.717) is 34.4 Å². The lowest BCUT2D eigenvalue weighted by Crippen LogP contribution is -2.36. The van der Waals surface area contributed by atoms with Gasteiger partial charge in [-0.1, -0.05) is 30.3 Å². The molecule has 0 unspecified atom stereocenters. The maximum atomic E-state index is 14.6. The Morgan fingerprint density at radius 3 is 2.37 bits per heavy atom. The number of imidazole rings is 1. The van der Waals surface area contributed by atoms with E-state index in [1.807, 2.05) is 32.0 Å². The monoisotopic (exact) mass is 512 g/mol. The molecule has 1 aromatic heterocycles. The summed E-state index contributed by atoms with van der Waals surface area (Å²) in [6.07, 6.45) is 0.951. The van der Waals surface area contributed by atoms with Crippen LogP contribution in [0.5, 0.6) is 0 Å². The third-order valence-electron chi connectivity index (χ3n) is 6.98. The predicted octanol–water partition coefficient (Wildman–Crippen LogP) is 6.53. The topological polar surface area (TPSA) is 95.6 Å². The lowest BCUT2D eigenvalue weighted by molar-refractivity contribution is -0.594. The molecule has 1 saturated carbocycles. The third-order valence-corrected chi connectivity index (χ3v) is 6.98. The van der Waals surface area contributed by atoms with Crippen molar-refractivity contribution in [2.45, 2.75) is 39.5 Å². The number of amides is 1. The van der Waals surface area contributed by atoms with Gasteiger partial charge in [0.1, 0.15) is 0 Å². The van der Waals surface area contributed by atoms with Crippen molar-refractivity contribution in [3.05, 3.63) is 99.5 Å². The van der Waals surface area contributed by atoms with E-state index in [9.17, 15) is 24.0 Å². The maximum absolute atomic E-state index is 14.6. The Labute approximate surface area is 219 Å². The van der Waals surface area contributed by atoms with Crippen LogP contribution in [0.4, 0.5) is 14.5 Å². The summed E-state index contributed by atoms with van der Waals surface area (Å²) in [4.78, 5) is 16.1. The van der Waals surface area contributed by atoms with Crippen molar-refractivity contribution >= 4 is 11.6 Å². The molecule has 8 heteroatoms. The fraction of sp³-hybridized carbons (Fsp3) is 0.233. The number of hydrogen-bond acceptors (Lipinski definition) is 3. The van der Waals surface area contributed by atoms with Crippen LogP contribution in [0.3, 0.4) is 0 Å². The average Bonchev–Trinajstić information content (AvgIpc) is 3.69. The van der Waals surface area contributed by atoms with Gasteiger partial charge in [0.25, 0.3) is 17.7 Å². The normalized spacial score (nSPS) is 13.3. The standard InChI is InChI=1S/C30H26F2N4O2/c1-17-6-4-7-18(2)26(17)21-12-20(16-33)13-22(14-21)28-34-19(3)27(36(28)38)29(37)35-25-9-5-8-24(15-25)30(31,32)23-10-11-23/h4-9,12-15,23,34H,10-11H2,1-3H3,(H,35,37). The zero-order valence-corrected chi connectivity index (χ0v) is 21.2. The first kappa shape index (κ1) is 25.2. The summed E-state index contributed by atoms with van der Waals surface area (Å²) >= 11 is 0. The third kappa shape index (κ3) is 4.52. The van der Waals surface area contributed by atoms with Crippen LogP contribution < -0.4 is 10.0 Å². The van der Waals surface area contributed by atoms with Crippen molar-refractivity contribution in [1.29, 1.82) is 5.26 Å². The summed E-state index contributed by atoms with van der Waals surface area (Å²) in [6, 6.07) is 18.8. The molecule has 1 fully saturated rings. The van der Waals surface area contributed by atoms with E-state index in [0.717, 1.165) is 22.3 Å². The molecule has 3 aromatic carbocycles. The van der Waals surface area contributed by atoms with Crippen LogP contribution in [-0.4, -0.2) is 10.9 Å². The van der Waals surface area contributed by atoms with Crippen molar-refractivity contribution in [3.8, 4) is 28.6 Å². The molecule has 0 saturated heterocycles. The minimum atomic E-state index is -2.96. The van der Waals surface area contributed by atoms with Gasteiger partial charge in [0, 0.05) is 24.1 Å². The van der Waals surface area contributed by atoms with E-state index >= 15 is 0 Å². The smallest absolute Gasteiger partial charge is 0.300 e. The molecule has 0 atom stereocenters. The number of benzene rings is 3. The largest absolute Gasteiger partial charge is 0.710 e. The van der Waals surface area contributed by atoms with Crippen molar-refractivity contribution in [1.82, 2.24) is 4.98 Å². The zero-order chi connectivity index (χ0) is 27.2. The summed E-state index contributed by atoms with van der Waals surface area (Å²) in [5.41, 5.74) is 4.76. The van der Waals surface area contributed by atoms with E-state index in [1.165, 1.54) is 24.3 Å². The quantitative estimate of drug-likeness (QED) is 0.227. The van der Waals surface area contributed by atoms with Gasteiger partial charge in [0.15, 0.2) is 5.69 Å². The molecule has 0 aliphatic heterocycles. The van der Waals surface area contributed by atoms with E-state index in [2.05, 4.69) is 16.4 Å². The first-order valence-electron chi connectivity index (χ1n) is 12.3. The second kappa shape index (κ2) is 9.42. The van der Waals surface area contributed by atoms with Crippen LogP contribution in [0.25, 0.3) is 22.5 Å². The molecule has 1 aliphatic rings. The molecule has 0 bridgehead atoms. The minimum absolute atomic E-state index is 0.103. The number of halogens is 2. The van der Waals surface area contributed by atoms with Crippen molar-refractivity contribution in [3.63, 3.8) is 0 Å². The van der Waals surface area contributed by atoms with E-state index in [4.69, 9.17) is 0 Å². The Hall–Kier alpha value is -4.51. The molecule has 5 rings (SSSR count). The van der Waals surface area contributed by atoms with Crippen LogP contribution in [0, 0.1) is 43.2 Å². The Morgan fingerprint density at radius 1 is 1.05 bits per heavy atom. The van der Waals surface area contributed by atoms with Crippen molar-refractivity contribution < 1.29 is 18.3 Å². The van der Waals surface area contributed by atoms with Gasteiger partial charge < -0.3 is 10.5 Å². The minimum Gasteiger partial charge on any atom is -0.710 e. The number of nitrogens with one attached hydrogen (secondary N) is 2. The molecule has 1 amide bonds. The van der Waals surface area contributed by atoms with Gasteiger partial charge in [-0.15, -0.1) is 0 Å². The van der Waals surface area contributed by atoms with E-state index < -0.39 is 17.7 Å². The number of hydrogen-bond donors (Lipinski definition) is 2. The van der Waals surface area contributed by atoms with Gasteiger partial charge in [-0.25, -0.2) is 18.5 Å². The Bertz CT molecular complexity index is 1590. The van der Waals surface area contributed by atoms with Gasteiger partial charge in [-0.05, 0) is 79.3 Å². The number of carbonyl (C=O) groups excluding carboxylic acids is 1. The number of nitrogens with zero attached hydrogens (tertiary/aromatic N) is 2. The molecule has 0 spiro atoms. The summed E-state index contributed by atoms with van der Waals surface area (Å²) < 4.78 is 29.6. The highest BCUT2D eigenvalue weighted by atomic mass is 19.3. The lowest BCUT2D eigenvalue weighted by atomic mass is 9.93. The predicted molar refractivity (Wildman–Crippen MR) is 141 cm³/mol. The molecular weight excluding hydrogens is 486 g/mol. The van der Waals surface area contributed by atoms with Gasteiger partial charge >= 0.3 is 0 Å². The molecule has 0 radical (unpaired) electrons. The molecule has 192 valence electrons. The number of aromatic nitrogens is 2. The zero-order valence-electron chi connectivity index (χ0n) is 21.2. The van der Waals surface area contributed by atoms with Crippen molar-refractivity contribution in [2.24, 2.45) is 5.92 Å². The fourth-order valence-electron chi connectivity index (χ4n) is 4.92. The SMILES string of the molecule is Cc1cccc(C)c1-c1cc(C#N)cc(-c2[nH]c(C)c(C(=O)Nc3cccc(C(F)(F)C4CC4)c3)[n+]2[O-])c1. The summed E-state index contributed by atoms with van der Waals surface area (Å²) in [6.45, 7) is 5.54. The van der Waals surface area contributed by atoms with Crippen molar-refractivity contribution in [2.75, 3.05) is 5.32 Å². The van der Waals surface area contributed by atoms with Gasteiger partial charge in [0.2, 0.25) is 5.69 Å². The molecule has 6 nitrogen and oxygen atoms in total. The molecular formula is C30H26F2N4O2. The summed E-state index contributed by atoms with van der Waals surface area (Å²) in [5.74, 6) is -4.26. The van der Waals surface area contributed by atoms with Gasteiger partial charge in [0.05, 0.1) is 17.2 Å². The number of H-pyrrole nitrogens is 1. The molecule has 38 heavy (non-hydrogen) atoms. The lowest BCUT2D eigenvalue weighted by Gasteiger charge is -2.17. The summed E-state index contributed by atoms with van der Waals surface area (Å²) in [7, 11) is 0. The number of anilines is 1. The molecule has 1 heterocycles. The van der Waals surface area contributed by atoms with E-state index in [1.54, 1.807) is 25.1 Å². The highest BCUT2D eigenvalue weighted by Gasteiger charge is 2.48. The second-order valence-electron chi connectivity index (χ2n) is 9.85. The highest BCUT2D eigenvalue weighted by molar-refractivity contribution is 6.02. The van der Waals surface area contributed by atoms with E-state index in [-0.39, 0.29) is 22.8 Å². The van der Waals surface area contributed by atoms with Gasteiger partial charge in [-0.2, -0.15) is 5.26 Å². The summed E-state index contributed by atoms with van der Waals surface area (Å²) in [5, 5.41) is 25.6. The second-order valence-corrected chi connectivity index (χ2v) is 9.85. The number of carbonyl (C=O) groups is 1. The average molecular weight is 513 g/mol. The molecule has 1 aliphatic carbocycles. The Morgan fingerprint density at radius 2 is 1.71 bits per heavy atom. The van der Waals surface area contributed by atoms with Gasteiger partial charge in [-0.3, -0.25) is 4.79 Å². The Balaban J connectivity index is 1.50. The number of alkyl halides is 2. The highest BCUT2D eigenvalue weighted by Crippen LogP contribution is 2.49. The first-order chi connectivity index (χ1) is 18.1. The van der Waals surface area contributed by atoms with Crippen LogP contribution in [0.2, 0.25) is 0 Å². The van der Waals surface area contributed by atoms with Crippen LogP contribution >= 0.6 is 0 Å². The molecule has 4 aromatic rings. The number of aromatic amines is 1. The number of aryl methyl sites for hydroxylation is 3. The maximum Gasteiger partial charge on any atom is 0.300 e. The fourth-order valence-corrected chi connectivity index (χ4v) is 4.92. The van der Waals surface area contributed by atoms with Crippen LogP contribution in [0.15, 0.2) is 60.7 Å². The van der Waals surface area contributed by atoms with Crippen LogP contribution in [-0.2, 0) is 5.92 Å². The number of rotatable bonds is 6. The Kier molecular flexibility index (Phi) is 6.23. The van der Waals surface area contributed by atoms with Crippen LogP contribution in [0.1, 0.15) is 51.3 Å². The first-order valence-corrected chi connectivity index (χ1v) is 12.3. The molecule has 2 N–H and O–H groups in total. The number of nitriles is 1.